The van der Waals surface area contributed by atoms with Crippen LogP contribution in [0.5, 0.6) is 5.75 Å². The van der Waals surface area contributed by atoms with Crippen LogP contribution in [-0.2, 0) is 4.79 Å². The molecule has 3 amide bonds. The lowest BCUT2D eigenvalue weighted by Gasteiger charge is -2.12. The van der Waals surface area contributed by atoms with Crippen LogP contribution in [-0.4, -0.2) is 30.1 Å². The number of carbonyl (C=O) groups is 3. The van der Waals surface area contributed by atoms with Crippen molar-refractivity contribution < 1.29 is 32.3 Å². The molecule has 0 fully saturated rings. The lowest BCUT2D eigenvalue weighted by Crippen LogP contribution is -2.41. The van der Waals surface area contributed by atoms with Gasteiger partial charge in [0.25, 0.3) is 23.5 Å². The Kier molecular flexibility index (Phi) is 7.81. The zero-order valence-electron chi connectivity index (χ0n) is 16.3. The van der Waals surface area contributed by atoms with E-state index in [-0.39, 0.29) is 16.9 Å². The number of hydrogen-bond acceptors (Lipinski definition) is 6. The van der Waals surface area contributed by atoms with Crippen LogP contribution in [0, 0.1) is 0 Å². The molecule has 1 heterocycles. The van der Waals surface area contributed by atoms with Crippen molar-refractivity contribution >= 4 is 35.2 Å². The number of anilines is 1. The van der Waals surface area contributed by atoms with Crippen LogP contribution in [0.4, 0.5) is 14.5 Å². The van der Waals surface area contributed by atoms with Gasteiger partial charge in [-0.2, -0.15) is 8.78 Å². The molecule has 3 rings (SSSR count). The van der Waals surface area contributed by atoms with Gasteiger partial charge in [0, 0.05) is 10.6 Å². The van der Waals surface area contributed by atoms with Crippen molar-refractivity contribution in [1.29, 1.82) is 0 Å². The van der Waals surface area contributed by atoms with E-state index in [1.54, 1.807) is 12.1 Å². The van der Waals surface area contributed by atoms with Crippen molar-refractivity contribution in [3.05, 3.63) is 78.3 Å². The summed E-state index contributed by atoms with van der Waals surface area (Å²) < 4.78 is 35.0. The minimum atomic E-state index is -2.53. The lowest BCUT2D eigenvalue weighted by atomic mass is 10.2. The fourth-order valence-corrected chi connectivity index (χ4v) is 2.99. The van der Waals surface area contributed by atoms with Gasteiger partial charge in [-0.1, -0.05) is 23.9 Å². The molecular formula is C21H17F2N3O5S. The molecule has 3 N–H and O–H groups in total. The normalized spacial score (nSPS) is 10.5. The van der Waals surface area contributed by atoms with E-state index in [4.69, 9.17) is 9.15 Å². The molecule has 0 aliphatic heterocycles. The van der Waals surface area contributed by atoms with Crippen LogP contribution in [0.1, 0.15) is 20.7 Å². The number of thioether (sulfide) groups is 1. The van der Waals surface area contributed by atoms with E-state index in [2.05, 4.69) is 16.2 Å². The highest BCUT2D eigenvalue weighted by Gasteiger charge is 2.15. The van der Waals surface area contributed by atoms with E-state index >= 15 is 0 Å². The van der Waals surface area contributed by atoms with Gasteiger partial charge in [-0.15, -0.1) is 0 Å². The lowest BCUT2D eigenvalue weighted by molar-refractivity contribution is -0.118. The molecule has 166 valence electrons. The van der Waals surface area contributed by atoms with E-state index in [1.165, 1.54) is 55.0 Å². The maximum atomic E-state index is 12.4. The second-order valence-electron chi connectivity index (χ2n) is 6.16. The van der Waals surface area contributed by atoms with E-state index in [9.17, 15) is 23.2 Å². The van der Waals surface area contributed by atoms with Crippen molar-refractivity contribution in [1.82, 2.24) is 10.9 Å². The largest absolute Gasteiger partial charge is 0.483 e. The predicted octanol–water partition coefficient (Wildman–Crippen LogP) is 3.69. The van der Waals surface area contributed by atoms with Gasteiger partial charge in [0.15, 0.2) is 6.61 Å². The summed E-state index contributed by atoms with van der Waals surface area (Å²) in [4.78, 5) is 36.8. The van der Waals surface area contributed by atoms with Gasteiger partial charge in [-0.25, -0.2) is 0 Å². The molecule has 0 bridgehead atoms. The van der Waals surface area contributed by atoms with Crippen LogP contribution in [0.2, 0.25) is 0 Å². The highest BCUT2D eigenvalue weighted by Crippen LogP contribution is 2.26. The summed E-state index contributed by atoms with van der Waals surface area (Å²) in [5.41, 5.74) is 5.23. The molecule has 11 heteroatoms. The number of benzene rings is 2. The van der Waals surface area contributed by atoms with Crippen LogP contribution < -0.4 is 20.9 Å². The van der Waals surface area contributed by atoms with Gasteiger partial charge in [0.2, 0.25) is 0 Å². The zero-order valence-corrected chi connectivity index (χ0v) is 17.2. The number of furan rings is 1. The first-order valence-corrected chi connectivity index (χ1v) is 10.00. The maximum absolute atomic E-state index is 12.4. The summed E-state index contributed by atoms with van der Waals surface area (Å²) in [6, 6.07) is 13.5. The SMILES string of the molecule is O=C(COc1ccccc1C(=O)NNC(=O)c1ccoc1)Nc1ccc(SC(F)F)cc1. The number of halogens is 2. The van der Waals surface area contributed by atoms with Gasteiger partial charge in [-0.05, 0) is 42.5 Å². The molecule has 0 radical (unpaired) electrons. The second-order valence-corrected chi connectivity index (χ2v) is 7.22. The standard InChI is InChI=1S/C21H17F2N3O5S/c22-21(23)32-15-7-5-14(6-8-15)24-18(27)12-31-17-4-2-1-3-16(17)20(29)26-25-19(28)13-9-10-30-11-13/h1-11,21H,12H2,(H,24,27)(H,25,28)(H,26,29). The number of para-hydroxylation sites is 1. The Hall–Kier alpha value is -3.86. The summed E-state index contributed by atoms with van der Waals surface area (Å²) in [6.45, 7) is -0.404. The monoisotopic (exact) mass is 461 g/mol. The van der Waals surface area contributed by atoms with Crippen molar-refractivity contribution in [3.8, 4) is 5.75 Å². The van der Waals surface area contributed by atoms with Crippen LogP contribution in [0.3, 0.4) is 0 Å². The minimum absolute atomic E-state index is 0.0983. The van der Waals surface area contributed by atoms with Gasteiger partial charge >= 0.3 is 0 Å². The zero-order chi connectivity index (χ0) is 22.9. The molecule has 0 atom stereocenters. The number of hydrogen-bond donors (Lipinski definition) is 3. The van der Waals surface area contributed by atoms with E-state index in [0.717, 1.165) is 0 Å². The summed E-state index contributed by atoms with van der Waals surface area (Å²) in [6.07, 6.45) is 2.55. The molecule has 0 aliphatic carbocycles. The number of hydrazine groups is 1. The van der Waals surface area contributed by atoms with Gasteiger partial charge < -0.3 is 14.5 Å². The Bertz CT molecular complexity index is 1080. The molecule has 2 aromatic carbocycles. The van der Waals surface area contributed by atoms with Crippen LogP contribution in [0.25, 0.3) is 0 Å². The molecule has 1 aromatic heterocycles. The third kappa shape index (κ3) is 6.57. The first-order chi connectivity index (χ1) is 15.4. The predicted molar refractivity (Wildman–Crippen MR) is 113 cm³/mol. The Morgan fingerprint density at radius 1 is 0.969 bits per heavy atom. The third-order valence-corrected chi connectivity index (χ3v) is 4.65. The van der Waals surface area contributed by atoms with E-state index in [1.807, 2.05) is 0 Å². The number of amides is 3. The molecule has 32 heavy (non-hydrogen) atoms. The Morgan fingerprint density at radius 3 is 2.38 bits per heavy atom. The molecular weight excluding hydrogens is 444 g/mol. The molecule has 0 saturated carbocycles. The Morgan fingerprint density at radius 2 is 1.69 bits per heavy atom. The van der Waals surface area contributed by atoms with Crippen molar-refractivity contribution in [2.75, 3.05) is 11.9 Å². The highest BCUT2D eigenvalue weighted by atomic mass is 32.2. The summed E-state index contributed by atoms with van der Waals surface area (Å²) >= 11 is 0.403. The molecule has 0 spiro atoms. The van der Waals surface area contributed by atoms with E-state index in [0.29, 0.717) is 22.3 Å². The minimum Gasteiger partial charge on any atom is -0.483 e. The topological polar surface area (TPSA) is 110 Å². The molecule has 8 nitrogen and oxygen atoms in total. The van der Waals surface area contributed by atoms with Gasteiger partial charge in [-0.3, -0.25) is 25.2 Å². The average Bonchev–Trinajstić information content (AvgIpc) is 3.32. The Balaban J connectivity index is 1.53. The van der Waals surface area contributed by atoms with Gasteiger partial charge in [0.05, 0.1) is 17.4 Å². The van der Waals surface area contributed by atoms with E-state index < -0.39 is 30.1 Å². The Labute approximate surface area is 185 Å². The molecule has 0 saturated heterocycles. The van der Waals surface area contributed by atoms with Crippen LogP contribution >= 0.6 is 11.8 Å². The van der Waals surface area contributed by atoms with Crippen molar-refractivity contribution in [2.45, 2.75) is 10.7 Å². The maximum Gasteiger partial charge on any atom is 0.288 e. The summed E-state index contributed by atoms with van der Waals surface area (Å²) in [5, 5.41) is 2.57. The summed E-state index contributed by atoms with van der Waals surface area (Å²) in [7, 11) is 0. The fourth-order valence-electron chi connectivity index (χ4n) is 2.49. The number of rotatable bonds is 8. The van der Waals surface area contributed by atoms with Gasteiger partial charge in [0.1, 0.15) is 12.0 Å². The number of nitrogens with one attached hydrogen (secondary N) is 3. The van der Waals surface area contributed by atoms with Crippen molar-refractivity contribution in [2.24, 2.45) is 0 Å². The highest BCUT2D eigenvalue weighted by molar-refractivity contribution is 7.99. The average molecular weight is 461 g/mol. The number of alkyl halides is 2. The first kappa shape index (κ1) is 22.8. The smallest absolute Gasteiger partial charge is 0.288 e. The molecule has 3 aromatic rings. The fraction of sp³-hybridized carbons (Fsp3) is 0.0952. The third-order valence-electron chi connectivity index (χ3n) is 3.93. The number of carbonyl (C=O) groups excluding carboxylic acids is 3. The first-order valence-electron chi connectivity index (χ1n) is 9.12. The van der Waals surface area contributed by atoms with Crippen LogP contribution in [0.15, 0.2) is 76.4 Å². The van der Waals surface area contributed by atoms with Crippen molar-refractivity contribution in [3.63, 3.8) is 0 Å². The number of ether oxygens (including phenoxy) is 1. The summed E-state index contributed by atoms with van der Waals surface area (Å²) in [5.74, 6) is -4.13. The second kappa shape index (κ2) is 11.0. The molecule has 0 aliphatic rings. The molecule has 0 unspecified atom stereocenters. The quantitative estimate of drug-likeness (QED) is 0.349.